The van der Waals surface area contributed by atoms with Crippen LogP contribution >= 0.6 is 0 Å². The molecule has 0 N–H and O–H groups in total. The maximum atomic E-state index is 5.37. The van der Waals surface area contributed by atoms with Crippen LogP contribution in [0.1, 0.15) is 29.9 Å². The van der Waals surface area contributed by atoms with E-state index in [-0.39, 0.29) is 0 Å². The van der Waals surface area contributed by atoms with Gasteiger partial charge in [0.05, 0.1) is 18.5 Å². The first-order valence-electron chi connectivity index (χ1n) is 10.2. The first-order valence-corrected chi connectivity index (χ1v) is 10.2. The third-order valence-electron chi connectivity index (χ3n) is 5.79. The Morgan fingerprint density at radius 2 is 1.55 bits per heavy atom. The Balaban J connectivity index is 1.28. The van der Waals surface area contributed by atoms with Gasteiger partial charge in [0.1, 0.15) is 5.76 Å². The summed E-state index contributed by atoms with van der Waals surface area (Å²) in [6.07, 6.45) is 5.62. The van der Waals surface area contributed by atoms with E-state index in [9.17, 15) is 0 Å². The zero-order valence-electron chi connectivity index (χ0n) is 16.7. The van der Waals surface area contributed by atoms with Crippen molar-refractivity contribution in [2.24, 2.45) is 5.10 Å². The molecule has 0 radical (unpaired) electrons. The van der Waals surface area contributed by atoms with E-state index in [0.717, 1.165) is 37.5 Å². The van der Waals surface area contributed by atoms with Crippen molar-refractivity contribution >= 4 is 12.3 Å². The molecule has 0 spiro atoms. The van der Waals surface area contributed by atoms with Crippen molar-refractivity contribution in [3.05, 3.63) is 89.4 Å². The molecule has 3 aromatic rings. The molecule has 1 aromatic heterocycles. The minimum absolute atomic E-state index is 0.356. The SMILES string of the molecule is CC(/C=N\N1CCN(C2c3ccccc3-c3ccccc32)CC1)=C/c1ccco1. The molecule has 1 aliphatic heterocycles. The molecule has 2 heterocycles. The third-order valence-corrected chi connectivity index (χ3v) is 5.79. The molecular weight excluding hydrogens is 358 g/mol. The van der Waals surface area contributed by atoms with Crippen LogP contribution < -0.4 is 0 Å². The van der Waals surface area contributed by atoms with Crippen molar-refractivity contribution in [3.8, 4) is 11.1 Å². The summed E-state index contributed by atoms with van der Waals surface area (Å²) in [5.41, 5.74) is 6.71. The van der Waals surface area contributed by atoms with E-state index in [4.69, 9.17) is 4.42 Å². The second kappa shape index (κ2) is 7.72. The van der Waals surface area contributed by atoms with Crippen LogP contribution in [0.3, 0.4) is 0 Å². The van der Waals surface area contributed by atoms with Crippen LogP contribution in [-0.2, 0) is 0 Å². The van der Waals surface area contributed by atoms with Crippen LogP contribution in [0.15, 0.2) is 82.0 Å². The van der Waals surface area contributed by atoms with E-state index < -0.39 is 0 Å². The van der Waals surface area contributed by atoms with Crippen molar-refractivity contribution < 1.29 is 4.42 Å². The van der Waals surface area contributed by atoms with Gasteiger partial charge in [0.15, 0.2) is 0 Å². The van der Waals surface area contributed by atoms with Gasteiger partial charge in [-0.25, -0.2) is 0 Å². The number of furan rings is 1. The average Bonchev–Trinajstić information content (AvgIpc) is 3.38. The number of allylic oxidation sites excluding steroid dienone is 1. The van der Waals surface area contributed by atoms with E-state index in [1.54, 1.807) is 6.26 Å². The summed E-state index contributed by atoms with van der Waals surface area (Å²) in [6, 6.07) is 21.9. The first-order chi connectivity index (χ1) is 14.3. The largest absolute Gasteiger partial charge is 0.465 e. The fourth-order valence-electron chi connectivity index (χ4n) is 4.42. The van der Waals surface area contributed by atoms with Gasteiger partial charge in [0, 0.05) is 26.2 Å². The molecule has 0 unspecified atom stereocenters. The van der Waals surface area contributed by atoms with Crippen LogP contribution in [0.2, 0.25) is 0 Å². The predicted molar refractivity (Wildman–Crippen MR) is 118 cm³/mol. The maximum absolute atomic E-state index is 5.37. The van der Waals surface area contributed by atoms with Gasteiger partial charge >= 0.3 is 0 Å². The van der Waals surface area contributed by atoms with Crippen molar-refractivity contribution in [1.29, 1.82) is 0 Å². The van der Waals surface area contributed by atoms with Crippen molar-refractivity contribution in [2.75, 3.05) is 26.2 Å². The molecule has 0 saturated carbocycles. The molecule has 2 aromatic carbocycles. The molecule has 1 fully saturated rings. The zero-order chi connectivity index (χ0) is 19.6. The van der Waals surface area contributed by atoms with Crippen LogP contribution in [0.25, 0.3) is 17.2 Å². The fourth-order valence-corrected chi connectivity index (χ4v) is 4.42. The summed E-state index contributed by atoms with van der Waals surface area (Å²) >= 11 is 0. The third kappa shape index (κ3) is 3.52. The van der Waals surface area contributed by atoms with Gasteiger partial charge in [-0.05, 0) is 53.0 Å². The second-order valence-electron chi connectivity index (χ2n) is 7.72. The normalized spacial score (nSPS) is 17.7. The molecule has 0 bridgehead atoms. The molecule has 0 atom stereocenters. The Kier molecular flexibility index (Phi) is 4.78. The summed E-state index contributed by atoms with van der Waals surface area (Å²) < 4.78 is 5.37. The lowest BCUT2D eigenvalue weighted by Gasteiger charge is -2.37. The Labute approximate surface area is 171 Å². The van der Waals surface area contributed by atoms with Crippen LogP contribution in [-0.4, -0.2) is 42.3 Å². The molecule has 4 heteroatoms. The molecule has 2 aliphatic rings. The lowest BCUT2D eigenvalue weighted by atomic mass is 10.0. The number of benzene rings is 2. The zero-order valence-corrected chi connectivity index (χ0v) is 16.7. The minimum atomic E-state index is 0.356. The summed E-state index contributed by atoms with van der Waals surface area (Å²) in [5, 5.41) is 6.85. The molecule has 146 valence electrons. The van der Waals surface area contributed by atoms with Gasteiger partial charge in [-0.3, -0.25) is 9.91 Å². The summed E-state index contributed by atoms with van der Waals surface area (Å²) in [4.78, 5) is 2.60. The van der Waals surface area contributed by atoms with Gasteiger partial charge in [-0.15, -0.1) is 0 Å². The molecule has 29 heavy (non-hydrogen) atoms. The number of piperazine rings is 1. The summed E-state index contributed by atoms with van der Waals surface area (Å²) in [6.45, 7) is 5.93. The highest BCUT2D eigenvalue weighted by Gasteiger charge is 2.33. The number of hydrogen-bond acceptors (Lipinski definition) is 4. The Bertz CT molecular complexity index is 998. The number of fused-ring (bicyclic) bond motifs is 3. The maximum Gasteiger partial charge on any atom is 0.126 e. The fraction of sp³-hybridized carbons (Fsp3) is 0.240. The molecule has 4 nitrogen and oxygen atoms in total. The van der Waals surface area contributed by atoms with Crippen LogP contribution in [0.5, 0.6) is 0 Å². The minimum Gasteiger partial charge on any atom is -0.465 e. The monoisotopic (exact) mass is 383 g/mol. The van der Waals surface area contributed by atoms with Gasteiger partial charge in [0.2, 0.25) is 0 Å². The van der Waals surface area contributed by atoms with Crippen LogP contribution in [0.4, 0.5) is 0 Å². The van der Waals surface area contributed by atoms with Gasteiger partial charge in [-0.1, -0.05) is 48.5 Å². The highest BCUT2D eigenvalue weighted by molar-refractivity contribution is 5.84. The highest BCUT2D eigenvalue weighted by Crippen LogP contribution is 2.46. The van der Waals surface area contributed by atoms with Gasteiger partial charge in [-0.2, -0.15) is 5.10 Å². The molecule has 5 rings (SSSR count). The predicted octanol–water partition coefficient (Wildman–Crippen LogP) is 5.06. The Morgan fingerprint density at radius 3 is 2.17 bits per heavy atom. The Morgan fingerprint density at radius 1 is 0.897 bits per heavy atom. The number of hydrazone groups is 1. The van der Waals surface area contributed by atoms with E-state index in [2.05, 4.69) is 70.5 Å². The lowest BCUT2D eigenvalue weighted by Crippen LogP contribution is -2.45. The van der Waals surface area contributed by atoms with Crippen molar-refractivity contribution in [1.82, 2.24) is 9.91 Å². The number of rotatable bonds is 4. The van der Waals surface area contributed by atoms with E-state index in [0.29, 0.717) is 6.04 Å². The van der Waals surface area contributed by atoms with E-state index >= 15 is 0 Å². The molecule has 0 amide bonds. The lowest BCUT2D eigenvalue weighted by molar-refractivity contribution is 0.114. The molecule has 1 saturated heterocycles. The number of nitrogens with zero attached hydrogens (tertiary/aromatic N) is 3. The average molecular weight is 383 g/mol. The smallest absolute Gasteiger partial charge is 0.126 e. The van der Waals surface area contributed by atoms with E-state index in [1.807, 2.05) is 24.4 Å². The summed E-state index contributed by atoms with van der Waals surface area (Å²) in [5.74, 6) is 0.859. The number of hydrogen-bond donors (Lipinski definition) is 0. The topological polar surface area (TPSA) is 32.0 Å². The summed E-state index contributed by atoms with van der Waals surface area (Å²) in [7, 11) is 0. The quantitative estimate of drug-likeness (QED) is 0.591. The van der Waals surface area contributed by atoms with Crippen LogP contribution in [0, 0.1) is 0 Å². The van der Waals surface area contributed by atoms with Gasteiger partial charge < -0.3 is 4.42 Å². The first kappa shape index (κ1) is 18.0. The van der Waals surface area contributed by atoms with Crippen molar-refractivity contribution in [2.45, 2.75) is 13.0 Å². The molecular formula is C25H25N3O. The highest BCUT2D eigenvalue weighted by atomic mass is 16.3. The molecule has 1 aliphatic carbocycles. The van der Waals surface area contributed by atoms with Gasteiger partial charge in [0.25, 0.3) is 0 Å². The second-order valence-corrected chi connectivity index (χ2v) is 7.72. The Hall–Kier alpha value is -3.11. The van der Waals surface area contributed by atoms with Crippen molar-refractivity contribution in [3.63, 3.8) is 0 Å². The standard InChI is InChI=1S/C25H25N3O/c1-19(17-20-7-6-16-29-20)18-26-28-14-12-27(13-15-28)25-23-10-4-2-8-21(23)22-9-3-5-11-24(22)25/h2-11,16-18,25H,12-15H2,1H3/b19-17-,26-18-. The van der Waals surface area contributed by atoms with E-state index in [1.165, 1.54) is 22.3 Å².